The fourth-order valence-electron chi connectivity index (χ4n) is 1.75. The van der Waals surface area contributed by atoms with E-state index in [1.807, 2.05) is 32.3 Å². The highest BCUT2D eigenvalue weighted by Gasteiger charge is 2.00. The molecular weight excluding hydrogens is 210 g/mol. The van der Waals surface area contributed by atoms with Gasteiger partial charge in [0.05, 0.1) is 7.11 Å². The quantitative estimate of drug-likeness (QED) is 0.796. The zero-order valence-electron chi connectivity index (χ0n) is 10.5. The van der Waals surface area contributed by atoms with E-state index >= 15 is 0 Å². The van der Waals surface area contributed by atoms with Crippen molar-refractivity contribution in [1.29, 1.82) is 0 Å². The van der Waals surface area contributed by atoms with Crippen molar-refractivity contribution in [3.8, 4) is 16.9 Å². The molecule has 0 saturated heterocycles. The maximum Gasteiger partial charge on any atom is 0.119 e. The zero-order valence-corrected chi connectivity index (χ0v) is 10.5. The molecule has 2 aromatic rings. The van der Waals surface area contributed by atoms with E-state index in [2.05, 4.69) is 35.2 Å². The van der Waals surface area contributed by atoms with Crippen molar-refractivity contribution in [3.05, 3.63) is 48.5 Å². The van der Waals surface area contributed by atoms with Gasteiger partial charge in [-0.1, -0.05) is 24.3 Å². The summed E-state index contributed by atoms with van der Waals surface area (Å²) in [6.45, 7) is 0. The summed E-state index contributed by atoms with van der Waals surface area (Å²) < 4.78 is 5.23. The molecule has 0 saturated carbocycles. The Balaban J connectivity index is 2.32. The minimum absolute atomic E-state index is 0.888. The van der Waals surface area contributed by atoms with Gasteiger partial charge >= 0.3 is 0 Å². The van der Waals surface area contributed by atoms with E-state index < -0.39 is 0 Å². The number of hydrogen-bond donors (Lipinski definition) is 0. The third kappa shape index (κ3) is 2.59. The second-order valence-corrected chi connectivity index (χ2v) is 4.17. The first-order chi connectivity index (χ1) is 8.20. The van der Waals surface area contributed by atoms with E-state index in [-0.39, 0.29) is 0 Å². The summed E-state index contributed by atoms with van der Waals surface area (Å²) in [4.78, 5) is 2.09. The van der Waals surface area contributed by atoms with E-state index in [4.69, 9.17) is 4.74 Å². The van der Waals surface area contributed by atoms with Crippen LogP contribution in [0, 0.1) is 0 Å². The average molecular weight is 227 g/mol. The highest BCUT2D eigenvalue weighted by Crippen LogP contribution is 2.25. The second-order valence-electron chi connectivity index (χ2n) is 4.17. The molecule has 0 atom stereocenters. The number of hydrogen-bond acceptors (Lipinski definition) is 2. The van der Waals surface area contributed by atoms with E-state index in [9.17, 15) is 0 Å². The van der Waals surface area contributed by atoms with Crippen LogP contribution in [-0.4, -0.2) is 21.2 Å². The van der Waals surface area contributed by atoms with Gasteiger partial charge in [-0.2, -0.15) is 0 Å². The molecule has 0 heterocycles. The molecule has 0 aromatic heterocycles. The Hall–Kier alpha value is -1.96. The third-order valence-electron chi connectivity index (χ3n) is 2.79. The van der Waals surface area contributed by atoms with E-state index in [0.29, 0.717) is 0 Å². The Morgan fingerprint density at radius 3 is 2.18 bits per heavy atom. The molecule has 0 aliphatic rings. The van der Waals surface area contributed by atoms with Crippen molar-refractivity contribution >= 4 is 5.69 Å². The predicted octanol–water partition coefficient (Wildman–Crippen LogP) is 3.43. The van der Waals surface area contributed by atoms with E-state index in [1.54, 1.807) is 7.11 Å². The lowest BCUT2D eigenvalue weighted by Gasteiger charge is -2.13. The fraction of sp³-hybridized carbons (Fsp3) is 0.200. The molecule has 2 nitrogen and oxygen atoms in total. The molecule has 88 valence electrons. The molecule has 0 N–H and O–H groups in total. The van der Waals surface area contributed by atoms with Crippen LogP contribution in [0.4, 0.5) is 5.69 Å². The highest BCUT2D eigenvalue weighted by molar-refractivity contribution is 5.67. The zero-order chi connectivity index (χ0) is 12.3. The molecule has 0 radical (unpaired) electrons. The number of nitrogens with zero attached hydrogens (tertiary/aromatic N) is 1. The third-order valence-corrected chi connectivity index (χ3v) is 2.79. The molecule has 0 spiro atoms. The van der Waals surface area contributed by atoms with Gasteiger partial charge in [0.1, 0.15) is 5.75 Å². The lowest BCUT2D eigenvalue weighted by atomic mass is 10.1. The Morgan fingerprint density at radius 1 is 0.882 bits per heavy atom. The molecule has 0 fully saturated rings. The Kier molecular flexibility index (Phi) is 3.33. The highest BCUT2D eigenvalue weighted by atomic mass is 16.5. The van der Waals surface area contributed by atoms with E-state index in [1.165, 1.54) is 16.8 Å². The van der Waals surface area contributed by atoms with Crippen molar-refractivity contribution in [2.75, 3.05) is 26.1 Å². The van der Waals surface area contributed by atoms with Crippen LogP contribution in [0.1, 0.15) is 0 Å². The Morgan fingerprint density at radius 2 is 1.59 bits per heavy atom. The van der Waals surface area contributed by atoms with Gasteiger partial charge in [0.2, 0.25) is 0 Å². The van der Waals surface area contributed by atoms with Crippen LogP contribution in [0.25, 0.3) is 11.1 Å². The van der Waals surface area contributed by atoms with E-state index in [0.717, 1.165) is 5.75 Å². The molecular formula is C15H17NO. The summed E-state index contributed by atoms with van der Waals surface area (Å²) in [6.07, 6.45) is 0. The molecule has 2 rings (SSSR count). The predicted molar refractivity (Wildman–Crippen MR) is 72.8 cm³/mol. The smallest absolute Gasteiger partial charge is 0.119 e. The molecule has 17 heavy (non-hydrogen) atoms. The Bertz CT molecular complexity index is 489. The van der Waals surface area contributed by atoms with Crippen molar-refractivity contribution in [3.63, 3.8) is 0 Å². The van der Waals surface area contributed by atoms with Gasteiger partial charge in [-0.15, -0.1) is 0 Å². The lowest BCUT2D eigenvalue weighted by Crippen LogP contribution is -2.07. The summed E-state index contributed by atoms with van der Waals surface area (Å²) in [5.74, 6) is 0.888. The first-order valence-corrected chi connectivity index (χ1v) is 5.62. The molecule has 0 bridgehead atoms. The minimum atomic E-state index is 0.888. The van der Waals surface area contributed by atoms with Crippen molar-refractivity contribution in [1.82, 2.24) is 0 Å². The monoisotopic (exact) mass is 227 g/mol. The van der Waals surface area contributed by atoms with Gasteiger partial charge in [0, 0.05) is 19.8 Å². The molecule has 2 heteroatoms. The summed E-state index contributed by atoms with van der Waals surface area (Å²) in [7, 11) is 5.77. The first kappa shape index (κ1) is 11.5. The second kappa shape index (κ2) is 4.91. The molecule has 2 aromatic carbocycles. The van der Waals surface area contributed by atoms with Crippen LogP contribution in [0.3, 0.4) is 0 Å². The number of ether oxygens (including phenoxy) is 1. The van der Waals surface area contributed by atoms with Crippen molar-refractivity contribution in [2.24, 2.45) is 0 Å². The van der Waals surface area contributed by atoms with Crippen LogP contribution < -0.4 is 9.64 Å². The molecule has 0 aliphatic heterocycles. The SMILES string of the molecule is COc1cccc(-c2ccc(N(C)C)cc2)c1. The fourth-order valence-corrected chi connectivity index (χ4v) is 1.75. The largest absolute Gasteiger partial charge is 0.497 e. The maximum atomic E-state index is 5.23. The summed E-state index contributed by atoms with van der Waals surface area (Å²) in [5.41, 5.74) is 3.58. The molecule has 0 amide bonds. The Labute approximate surface area is 102 Å². The molecule has 0 unspecified atom stereocenters. The van der Waals surface area contributed by atoms with Gasteiger partial charge in [-0.05, 0) is 35.4 Å². The van der Waals surface area contributed by atoms with Crippen LogP contribution in [0.2, 0.25) is 0 Å². The number of rotatable bonds is 3. The van der Waals surface area contributed by atoms with Gasteiger partial charge in [0.25, 0.3) is 0 Å². The van der Waals surface area contributed by atoms with Gasteiger partial charge in [-0.3, -0.25) is 0 Å². The normalized spacial score (nSPS) is 10.1. The van der Waals surface area contributed by atoms with Gasteiger partial charge in [0.15, 0.2) is 0 Å². The lowest BCUT2D eigenvalue weighted by molar-refractivity contribution is 0.415. The summed E-state index contributed by atoms with van der Waals surface area (Å²) >= 11 is 0. The number of methoxy groups -OCH3 is 1. The van der Waals surface area contributed by atoms with Gasteiger partial charge in [-0.25, -0.2) is 0 Å². The number of anilines is 1. The average Bonchev–Trinajstić information content (AvgIpc) is 2.39. The van der Waals surface area contributed by atoms with Crippen LogP contribution in [-0.2, 0) is 0 Å². The van der Waals surface area contributed by atoms with Crippen LogP contribution in [0.5, 0.6) is 5.75 Å². The summed E-state index contributed by atoms with van der Waals surface area (Å²) in [5, 5.41) is 0. The first-order valence-electron chi connectivity index (χ1n) is 5.62. The number of benzene rings is 2. The van der Waals surface area contributed by atoms with Crippen LogP contribution >= 0.6 is 0 Å². The minimum Gasteiger partial charge on any atom is -0.497 e. The summed E-state index contributed by atoms with van der Waals surface area (Å²) in [6, 6.07) is 16.6. The topological polar surface area (TPSA) is 12.5 Å². The van der Waals surface area contributed by atoms with Crippen molar-refractivity contribution < 1.29 is 4.74 Å². The standard InChI is InChI=1S/C15H17NO/c1-16(2)14-9-7-12(8-10-14)13-5-4-6-15(11-13)17-3/h4-11H,1-3H3. The van der Waals surface area contributed by atoms with Crippen LogP contribution in [0.15, 0.2) is 48.5 Å². The molecule has 0 aliphatic carbocycles. The maximum absolute atomic E-state index is 5.23. The van der Waals surface area contributed by atoms with Gasteiger partial charge < -0.3 is 9.64 Å². The van der Waals surface area contributed by atoms with Crippen molar-refractivity contribution in [2.45, 2.75) is 0 Å².